The van der Waals surface area contributed by atoms with Crippen molar-refractivity contribution in [3.05, 3.63) is 24.3 Å². The van der Waals surface area contributed by atoms with Gasteiger partial charge < -0.3 is 9.47 Å². The molecule has 1 rings (SSSR count). The van der Waals surface area contributed by atoms with Crippen LogP contribution in [0.15, 0.2) is 34.3 Å². The molecule has 0 fully saturated rings. The minimum atomic E-state index is -0.283. The Hall–Kier alpha value is -2.50. The van der Waals surface area contributed by atoms with Gasteiger partial charge in [-0.05, 0) is 52.0 Å². The van der Waals surface area contributed by atoms with Gasteiger partial charge in [0.05, 0.1) is 37.4 Å². The van der Waals surface area contributed by atoms with Crippen LogP contribution in [0.2, 0.25) is 0 Å². The quantitative estimate of drug-likeness (QED) is 0.536. The largest absolute Gasteiger partial charge is 0.466 e. The van der Waals surface area contributed by atoms with Crippen LogP contribution in [-0.4, -0.2) is 36.6 Å². The highest BCUT2D eigenvalue weighted by Gasteiger charge is 2.05. The van der Waals surface area contributed by atoms with Crippen LogP contribution < -0.4 is 0 Å². The van der Waals surface area contributed by atoms with Crippen LogP contribution in [0, 0.1) is 0 Å². The van der Waals surface area contributed by atoms with Gasteiger partial charge in [0.1, 0.15) is 0 Å². The first-order valence-corrected chi connectivity index (χ1v) is 7.94. The Morgan fingerprint density at radius 3 is 1.42 bits per heavy atom. The molecule has 0 atom stereocenters. The van der Waals surface area contributed by atoms with Crippen LogP contribution in [0.25, 0.3) is 0 Å². The Bertz CT molecular complexity index is 563. The van der Waals surface area contributed by atoms with Gasteiger partial charge in [-0.25, -0.2) is 0 Å². The molecule has 0 radical (unpaired) electrons. The molecular formula is C18H24N2O4. The number of nitrogens with zero attached hydrogens (tertiary/aromatic N) is 2. The third-order valence-electron chi connectivity index (χ3n) is 2.90. The van der Waals surface area contributed by atoms with Crippen molar-refractivity contribution in [3.63, 3.8) is 0 Å². The summed E-state index contributed by atoms with van der Waals surface area (Å²) in [6.45, 7) is 7.84. The maximum atomic E-state index is 11.4. The molecule has 0 spiro atoms. The molecule has 0 heterocycles. The van der Waals surface area contributed by atoms with E-state index >= 15 is 0 Å². The predicted octanol–water partition coefficient (Wildman–Crippen LogP) is 3.78. The number of rotatable bonds is 8. The van der Waals surface area contributed by atoms with Gasteiger partial charge in [0, 0.05) is 11.4 Å². The van der Waals surface area contributed by atoms with Crippen LogP contribution in [0.4, 0.5) is 11.4 Å². The fourth-order valence-corrected chi connectivity index (χ4v) is 1.96. The summed E-state index contributed by atoms with van der Waals surface area (Å²) >= 11 is 0. The number of benzene rings is 1. The zero-order valence-corrected chi connectivity index (χ0v) is 14.7. The van der Waals surface area contributed by atoms with Gasteiger partial charge >= 0.3 is 11.9 Å². The Labute approximate surface area is 142 Å². The van der Waals surface area contributed by atoms with E-state index in [1.54, 1.807) is 27.7 Å². The lowest BCUT2D eigenvalue weighted by Gasteiger charge is -2.03. The summed E-state index contributed by atoms with van der Waals surface area (Å²) in [7, 11) is 0. The number of hydrogen-bond acceptors (Lipinski definition) is 6. The lowest BCUT2D eigenvalue weighted by atomic mass is 10.2. The molecule has 0 unspecified atom stereocenters. The number of hydrogen-bond donors (Lipinski definition) is 0. The molecular weight excluding hydrogens is 308 g/mol. The maximum Gasteiger partial charge on any atom is 0.311 e. The number of ether oxygens (including phenoxy) is 2. The van der Waals surface area contributed by atoms with E-state index in [2.05, 4.69) is 9.98 Å². The smallest absolute Gasteiger partial charge is 0.311 e. The third kappa shape index (κ3) is 7.67. The molecule has 0 N–H and O–H groups in total. The SMILES string of the molecule is CCOC(=O)CC(C)=Nc1ccc(N=C(C)CC(=O)OCC)cc1. The first-order valence-electron chi connectivity index (χ1n) is 7.94. The van der Waals surface area contributed by atoms with Crippen molar-refractivity contribution < 1.29 is 19.1 Å². The lowest BCUT2D eigenvalue weighted by molar-refractivity contribution is -0.142. The molecule has 0 aromatic heterocycles. The van der Waals surface area contributed by atoms with Crippen molar-refractivity contribution in [1.82, 2.24) is 0 Å². The van der Waals surface area contributed by atoms with Crippen molar-refractivity contribution in [1.29, 1.82) is 0 Å². The zero-order chi connectivity index (χ0) is 17.9. The standard InChI is InChI=1S/C18H24N2O4/c1-5-23-17(21)11-13(3)19-15-7-9-16(10-8-15)20-14(4)12-18(22)24-6-2/h7-10H,5-6,11-12H2,1-4H3. The monoisotopic (exact) mass is 332 g/mol. The van der Waals surface area contributed by atoms with E-state index in [-0.39, 0.29) is 24.8 Å². The van der Waals surface area contributed by atoms with E-state index < -0.39 is 0 Å². The van der Waals surface area contributed by atoms with Gasteiger partial charge in [-0.3, -0.25) is 19.6 Å². The molecule has 0 aliphatic heterocycles. The Kier molecular flexibility index (Phi) is 8.39. The second-order valence-corrected chi connectivity index (χ2v) is 5.17. The normalized spacial score (nSPS) is 12.0. The Morgan fingerprint density at radius 1 is 0.792 bits per heavy atom. The van der Waals surface area contributed by atoms with E-state index in [1.807, 2.05) is 24.3 Å². The van der Waals surface area contributed by atoms with Crippen LogP contribution in [-0.2, 0) is 19.1 Å². The van der Waals surface area contributed by atoms with E-state index in [0.29, 0.717) is 24.6 Å². The molecule has 1 aromatic rings. The van der Waals surface area contributed by atoms with Crippen molar-refractivity contribution in [2.75, 3.05) is 13.2 Å². The predicted molar refractivity (Wildman–Crippen MR) is 94.5 cm³/mol. The summed E-state index contributed by atoms with van der Waals surface area (Å²) in [6, 6.07) is 7.24. The van der Waals surface area contributed by atoms with Gasteiger partial charge in [0.2, 0.25) is 0 Å². The van der Waals surface area contributed by atoms with Crippen molar-refractivity contribution >= 4 is 34.7 Å². The molecule has 6 nitrogen and oxygen atoms in total. The summed E-state index contributed by atoms with van der Waals surface area (Å²) in [5.41, 5.74) is 2.84. The highest BCUT2D eigenvalue weighted by Crippen LogP contribution is 2.19. The molecule has 24 heavy (non-hydrogen) atoms. The van der Waals surface area contributed by atoms with Crippen molar-refractivity contribution in [2.45, 2.75) is 40.5 Å². The van der Waals surface area contributed by atoms with Crippen LogP contribution in [0.5, 0.6) is 0 Å². The number of carbonyl (C=O) groups excluding carboxylic acids is 2. The molecule has 0 aliphatic rings. The van der Waals surface area contributed by atoms with Crippen molar-refractivity contribution in [3.8, 4) is 0 Å². The first kappa shape index (κ1) is 19.5. The summed E-state index contributed by atoms with van der Waals surface area (Å²) in [6.07, 6.45) is 0.346. The maximum absolute atomic E-state index is 11.4. The molecule has 0 saturated heterocycles. The Balaban J connectivity index is 2.68. The molecule has 0 bridgehead atoms. The van der Waals surface area contributed by atoms with E-state index in [1.165, 1.54) is 0 Å². The first-order chi connectivity index (χ1) is 11.4. The fourth-order valence-electron chi connectivity index (χ4n) is 1.96. The number of carbonyl (C=O) groups is 2. The number of esters is 2. The van der Waals surface area contributed by atoms with Crippen LogP contribution >= 0.6 is 0 Å². The lowest BCUT2D eigenvalue weighted by Crippen LogP contribution is -2.08. The average Bonchev–Trinajstić information content (AvgIpc) is 2.49. The van der Waals surface area contributed by atoms with Crippen LogP contribution in [0.3, 0.4) is 0 Å². The van der Waals surface area contributed by atoms with Gasteiger partial charge in [0.25, 0.3) is 0 Å². The molecule has 1 aromatic carbocycles. The van der Waals surface area contributed by atoms with E-state index in [9.17, 15) is 9.59 Å². The second kappa shape index (κ2) is 10.3. The highest BCUT2D eigenvalue weighted by molar-refractivity contribution is 5.99. The van der Waals surface area contributed by atoms with Crippen molar-refractivity contribution in [2.24, 2.45) is 9.98 Å². The molecule has 0 saturated carbocycles. The number of aliphatic imine (C=N–C) groups is 2. The third-order valence-corrected chi connectivity index (χ3v) is 2.90. The van der Waals surface area contributed by atoms with Gasteiger partial charge in [-0.2, -0.15) is 0 Å². The minimum absolute atomic E-state index is 0.173. The van der Waals surface area contributed by atoms with Gasteiger partial charge in [-0.15, -0.1) is 0 Å². The topological polar surface area (TPSA) is 77.3 Å². The second-order valence-electron chi connectivity index (χ2n) is 5.17. The molecule has 130 valence electrons. The van der Waals surface area contributed by atoms with Gasteiger partial charge in [-0.1, -0.05) is 0 Å². The van der Waals surface area contributed by atoms with E-state index in [4.69, 9.17) is 9.47 Å². The summed E-state index contributed by atoms with van der Waals surface area (Å²) in [5, 5.41) is 0. The minimum Gasteiger partial charge on any atom is -0.466 e. The average molecular weight is 332 g/mol. The summed E-state index contributed by atoms with van der Waals surface area (Å²) in [4.78, 5) is 31.5. The van der Waals surface area contributed by atoms with Crippen LogP contribution in [0.1, 0.15) is 40.5 Å². The summed E-state index contributed by atoms with van der Waals surface area (Å²) < 4.78 is 9.77. The fraction of sp³-hybridized carbons (Fsp3) is 0.444. The molecule has 6 heteroatoms. The van der Waals surface area contributed by atoms with Gasteiger partial charge in [0.15, 0.2) is 0 Å². The zero-order valence-electron chi connectivity index (χ0n) is 14.7. The van der Waals surface area contributed by atoms with E-state index in [0.717, 1.165) is 11.4 Å². The Morgan fingerprint density at radius 2 is 1.12 bits per heavy atom. The summed E-state index contributed by atoms with van der Waals surface area (Å²) in [5.74, 6) is -0.566. The molecule has 0 aliphatic carbocycles. The highest BCUT2D eigenvalue weighted by atomic mass is 16.5. The molecule has 0 amide bonds.